The smallest absolute Gasteiger partial charge is 0.339 e. The van der Waals surface area contributed by atoms with Crippen molar-refractivity contribution in [3.63, 3.8) is 0 Å². The summed E-state index contributed by atoms with van der Waals surface area (Å²) in [4.78, 5) is 4.30. The van der Waals surface area contributed by atoms with E-state index in [1.807, 2.05) is 0 Å². The second-order valence-corrected chi connectivity index (χ2v) is 6.07. The van der Waals surface area contributed by atoms with E-state index in [-0.39, 0.29) is 18.2 Å². The van der Waals surface area contributed by atoms with E-state index in [1.165, 1.54) is 0 Å². The van der Waals surface area contributed by atoms with Crippen molar-refractivity contribution in [2.45, 2.75) is 56.5 Å². The Labute approximate surface area is 121 Å². The van der Waals surface area contributed by atoms with Crippen LogP contribution in [0.2, 0.25) is 0 Å². The molecule has 0 radical (unpaired) electrons. The minimum Gasteiger partial charge on any atom is -0.339 e. The van der Waals surface area contributed by atoms with Crippen molar-refractivity contribution >= 4 is 0 Å². The summed E-state index contributed by atoms with van der Waals surface area (Å²) in [6.07, 6.45) is -0.144. The Kier molecular flexibility index (Phi) is 4.19. The number of nitrogens with one attached hydrogen (secondary N) is 1. The highest BCUT2D eigenvalue weighted by Crippen LogP contribution is 2.46. The van der Waals surface area contributed by atoms with Crippen LogP contribution in [0.4, 0.5) is 13.2 Å². The predicted octanol–water partition coefficient (Wildman–Crippen LogP) is 3.37. The largest absolute Gasteiger partial charge is 0.392 e. The van der Waals surface area contributed by atoms with Crippen LogP contribution >= 0.6 is 0 Å². The van der Waals surface area contributed by atoms with Gasteiger partial charge in [0.15, 0.2) is 5.82 Å². The first-order valence-electron chi connectivity index (χ1n) is 7.66. The Morgan fingerprint density at radius 3 is 2.62 bits per heavy atom. The summed E-state index contributed by atoms with van der Waals surface area (Å²) in [5, 5.41) is 7.19. The van der Waals surface area contributed by atoms with Gasteiger partial charge in [0.1, 0.15) is 0 Å². The molecule has 1 aliphatic heterocycles. The molecule has 4 nitrogen and oxygen atoms in total. The van der Waals surface area contributed by atoms with Gasteiger partial charge in [-0.25, -0.2) is 0 Å². The SMILES string of the molecule is FC(F)(F)C1CCCCC1c1nc(C2CCCNC2)no1. The summed E-state index contributed by atoms with van der Waals surface area (Å²) in [7, 11) is 0. The van der Waals surface area contributed by atoms with Gasteiger partial charge in [-0.05, 0) is 32.2 Å². The van der Waals surface area contributed by atoms with Gasteiger partial charge < -0.3 is 9.84 Å². The van der Waals surface area contributed by atoms with E-state index in [4.69, 9.17) is 4.52 Å². The van der Waals surface area contributed by atoms with Crippen molar-refractivity contribution in [1.82, 2.24) is 15.5 Å². The summed E-state index contributed by atoms with van der Waals surface area (Å²) in [6, 6.07) is 0. The molecule has 1 aromatic heterocycles. The lowest BCUT2D eigenvalue weighted by atomic mass is 9.78. The van der Waals surface area contributed by atoms with Crippen LogP contribution in [0.1, 0.15) is 62.1 Å². The van der Waals surface area contributed by atoms with Crippen LogP contribution in [0, 0.1) is 5.92 Å². The molecule has 1 saturated carbocycles. The molecule has 2 heterocycles. The quantitative estimate of drug-likeness (QED) is 0.910. The molecule has 0 amide bonds. The minimum atomic E-state index is -4.19. The molecule has 2 fully saturated rings. The molecule has 1 aliphatic carbocycles. The van der Waals surface area contributed by atoms with Crippen molar-refractivity contribution in [1.29, 1.82) is 0 Å². The fourth-order valence-electron chi connectivity index (χ4n) is 3.45. The zero-order valence-electron chi connectivity index (χ0n) is 11.8. The second kappa shape index (κ2) is 5.94. The van der Waals surface area contributed by atoms with E-state index >= 15 is 0 Å². The molecule has 3 rings (SSSR count). The Morgan fingerprint density at radius 1 is 1.10 bits per heavy atom. The number of aromatic nitrogens is 2. The first kappa shape index (κ1) is 14.8. The van der Waals surface area contributed by atoms with Crippen molar-refractivity contribution in [3.05, 3.63) is 11.7 Å². The number of halogens is 3. The normalized spacial score (nSPS) is 31.3. The van der Waals surface area contributed by atoms with E-state index in [1.54, 1.807) is 0 Å². The fourth-order valence-corrected chi connectivity index (χ4v) is 3.45. The molecule has 3 atom stereocenters. The van der Waals surface area contributed by atoms with E-state index in [0.717, 1.165) is 32.4 Å². The van der Waals surface area contributed by atoms with Crippen molar-refractivity contribution in [3.8, 4) is 0 Å². The molecule has 1 aromatic rings. The van der Waals surface area contributed by atoms with Gasteiger partial charge in [0.05, 0.1) is 5.92 Å². The third-order valence-electron chi connectivity index (χ3n) is 4.62. The zero-order valence-corrected chi connectivity index (χ0v) is 11.8. The molecule has 1 N–H and O–H groups in total. The molecule has 3 unspecified atom stereocenters. The monoisotopic (exact) mass is 303 g/mol. The molecule has 21 heavy (non-hydrogen) atoms. The first-order valence-corrected chi connectivity index (χ1v) is 7.66. The third kappa shape index (κ3) is 3.22. The average molecular weight is 303 g/mol. The van der Waals surface area contributed by atoms with Crippen molar-refractivity contribution < 1.29 is 17.7 Å². The molecule has 118 valence electrons. The maximum Gasteiger partial charge on any atom is 0.392 e. The van der Waals surface area contributed by atoms with Crippen LogP contribution in [0.5, 0.6) is 0 Å². The highest BCUT2D eigenvalue weighted by atomic mass is 19.4. The van der Waals surface area contributed by atoms with Gasteiger partial charge in [-0.15, -0.1) is 0 Å². The van der Waals surface area contributed by atoms with Crippen molar-refractivity contribution in [2.24, 2.45) is 5.92 Å². The summed E-state index contributed by atoms with van der Waals surface area (Å²) in [6.45, 7) is 1.74. The standard InChI is InChI=1S/C14H20F3N3O/c15-14(16,17)11-6-2-1-5-10(11)13-19-12(20-21-13)9-4-3-7-18-8-9/h9-11,18H,1-8H2. The van der Waals surface area contributed by atoms with Crippen LogP contribution in [0.25, 0.3) is 0 Å². The summed E-state index contributed by atoms with van der Waals surface area (Å²) in [5.41, 5.74) is 0. The zero-order chi connectivity index (χ0) is 14.9. The minimum absolute atomic E-state index is 0.157. The molecule has 7 heteroatoms. The van der Waals surface area contributed by atoms with E-state index in [0.29, 0.717) is 18.7 Å². The Bertz CT molecular complexity index is 468. The van der Waals surface area contributed by atoms with E-state index in [9.17, 15) is 13.2 Å². The Balaban J connectivity index is 1.77. The van der Waals surface area contributed by atoms with Crippen LogP contribution in [-0.4, -0.2) is 29.4 Å². The summed E-state index contributed by atoms with van der Waals surface area (Å²) < 4.78 is 44.6. The lowest BCUT2D eigenvalue weighted by Crippen LogP contribution is -2.32. The van der Waals surface area contributed by atoms with Crippen LogP contribution < -0.4 is 5.32 Å². The topological polar surface area (TPSA) is 51.0 Å². The van der Waals surface area contributed by atoms with Gasteiger partial charge in [0.2, 0.25) is 5.89 Å². The Morgan fingerprint density at radius 2 is 1.90 bits per heavy atom. The summed E-state index contributed by atoms with van der Waals surface area (Å²) in [5.74, 6) is -1.12. The number of piperidine rings is 1. The van der Waals surface area contributed by atoms with Gasteiger partial charge in [-0.1, -0.05) is 18.0 Å². The van der Waals surface area contributed by atoms with Gasteiger partial charge >= 0.3 is 6.18 Å². The Hall–Kier alpha value is -1.11. The number of alkyl halides is 3. The molecule has 1 saturated heterocycles. The van der Waals surface area contributed by atoms with Crippen LogP contribution in [-0.2, 0) is 0 Å². The molecule has 0 aromatic carbocycles. The molecular formula is C14H20F3N3O. The van der Waals surface area contributed by atoms with E-state index in [2.05, 4.69) is 15.5 Å². The highest BCUT2D eigenvalue weighted by molar-refractivity contribution is 5.04. The lowest BCUT2D eigenvalue weighted by molar-refractivity contribution is -0.189. The molecule has 0 bridgehead atoms. The van der Waals surface area contributed by atoms with Gasteiger partial charge in [-0.2, -0.15) is 18.2 Å². The van der Waals surface area contributed by atoms with Gasteiger partial charge in [0, 0.05) is 18.4 Å². The molecule has 0 spiro atoms. The van der Waals surface area contributed by atoms with Crippen LogP contribution in [0.3, 0.4) is 0 Å². The first-order chi connectivity index (χ1) is 10.1. The van der Waals surface area contributed by atoms with Crippen LogP contribution in [0.15, 0.2) is 4.52 Å². The number of hydrogen-bond acceptors (Lipinski definition) is 4. The lowest BCUT2D eigenvalue weighted by Gasteiger charge is -2.30. The number of nitrogens with zero attached hydrogens (tertiary/aromatic N) is 2. The number of rotatable bonds is 2. The van der Waals surface area contributed by atoms with Gasteiger partial charge in [0.25, 0.3) is 0 Å². The second-order valence-electron chi connectivity index (χ2n) is 6.07. The maximum absolute atomic E-state index is 13.1. The fraction of sp³-hybridized carbons (Fsp3) is 0.857. The molecule has 2 aliphatic rings. The predicted molar refractivity (Wildman–Crippen MR) is 69.9 cm³/mol. The maximum atomic E-state index is 13.1. The summed E-state index contributed by atoms with van der Waals surface area (Å²) >= 11 is 0. The average Bonchev–Trinajstić information content (AvgIpc) is 2.97. The number of hydrogen-bond donors (Lipinski definition) is 1. The third-order valence-corrected chi connectivity index (χ3v) is 4.62. The molecular weight excluding hydrogens is 283 g/mol. The van der Waals surface area contributed by atoms with Crippen molar-refractivity contribution in [2.75, 3.05) is 13.1 Å². The van der Waals surface area contributed by atoms with E-state index < -0.39 is 18.0 Å². The highest BCUT2D eigenvalue weighted by Gasteiger charge is 2.48. The van der Waals surface area contributed by atoms with Gasteiger partial charge in [-0.3, -0.25) is 0 Å².